The van der Waals surface area contributed by atoms with Crippen molar-refractivity contribution in [2.75, 3.05) is 16.8 Å². The van der Waals surface area contributed by atoms with Gasteiger partial charge in [-0.3, -0.25) is 0 Å². The van der Waals surface area contributed by atoms with Gasteiger partial charge >= 0.3 is 0 Å². The molecule has 3 heteroatoms. The largest absolute Gasteiger partial charge is 0.399 e. The Morgan fingerprint density at radius 1 is 1.00 bits per heavy atom. The van der Waals surface area contributed by atoms with Crippen LogP contribution in [0.3, 0.4) is 0 Å². The Morgan fingerprint density at radius 3 is 2.39 bits per heavy atom. The molecule has 5 N–H and O–H groups in total. The molecule has 18 heavy (non-hydrogen) atoms. The highest BCUT2D eigenvalue weighted by Gasteiger charge is 2.03. The van der Waals surface area contributed by atoms with Crippen LogP contribution in [0.25, 0.3) is 6.08 Å². The summed E-state index contributed by atoms with van der Waals surface area (Å²) in [5.41, 5.74) is 16.1. The number of rotatable bonds is 3. The van der Waals surface area contributed by atoms with Gasteiger partial charge in [-0.2, -0.15) is 0 Å². The maximum atomic E-state index is 5.97. The Morgan fingerprint density at radius 2 is 1.72 bits per heavy atom. The summed E-state index contributed by atoms with van der Waals surface area (Å²) in [5, 5.41) is 3.34. The SMILES string of the molecule is C/C=C/c1c(N)cccc1Nc1ccc(N)cc1. The Bertz CT molecular complexity index is 556. The number of nitrogen functional groups attached to an aromatic ring is 2. The van der Waals surface area contributed by atoms with Gasteiger partial charge in [0.05, 0.1) is 0 Å². The fourth-order valence-corrected chi connectivity index (χ4v) is 1.77. The second-order valence-electron chi connectivity index (χ2n) is 4.06. The van der Waals surface area contributed by atoms with Crippen molar-refractivity contribution in [3.05, 3.63) is 54.1 Å². The van der Waals surface area contributed by atoms with E-state index in [-0.39, 0.29) is 0 Å². The van der Waals surface area contributed by atoms with Gasteiger partial charge in [-0.15, -0.1) is 0 Å². The smallest absolute Gasteiger partial charge is 0.0478 e. The van der Waals surface area contributed by atoms with E-state index in [4.69, 9.17) is 11.5 Å². The maximum Gasteiger partial charge on any atom is 0.0478 e. The average molecular weight is 239 g/mol. The van der Waals surface area contributed by atoms with Gasteiger partial charge in [-0.1, -0.05) is 18.2 Å². The maximum absolute atomic E-state index is 5.97. The lowest BCUT2D eigenvalue weighted by molar-refractivity contribution is 1.52. The standard InChI is InChI=1S/C15H17N3/c1-2-4-13-14(17)5-3-6-15(13)18-12-9-7-11(16)8-10-12/h2-10,18H,16-17H2,1H3/b4-2+. The number of benzene rings is 2. The van der Waals surface area contributed by atoms with Crippen molar-refractivity contribution in [2.45, 2.75) is 6.92 Å². The molecule has 2 aromatic rings. The van der Waals surface area contributed by atoms with Crippen molar-refractivity contribution < 1.29 is 0 Å². The number of hydrogen-bond acceptors (Lipinski definition) is 3. The summed E-state index contributed by atoms with van der Waals surface area (Å²) in [6, 6.07) is 13.4. The summed E-state index contributed by atoms with van der Waals surface area (Å²) < 4.78 is 0. The quantitative estimate of drug-likeness (QED) is 0.717. The lowest BCUT2D eigenvalue weighted by Gasteiger charge is -2.12. The van der Waals surface area contributed by atoms with E-state index in [0.29, 0.717) is 0 Å². The summed E-state index contributed by atoms with van der Waals surface area (Å²) in [6.45, 7) is 1.97. The Labute approximate surface area is 107 Å². The van der Waals surface area contributed by atoms with Crippen LogP contribution in [0.1, 0.15) is 12.5 Å². The summed E-state index contributed by atoms with van der Waals surface area (Å²) >= 11 is 0. The fraction of sp³-hybridized carbons (Fsp3) is 0.0667. The van der Waals surface area contributed by atoms with Crippen molar-refractivity contribution in [1.29, 1.82) is 0 Å². The Hall–Kier alpha value is -2.42. The molecule has 0 spiro atoms. The molecule has 3 nitrogen and oxygen atoms in total. The molecule has 0 radical (unpaired) electrons. The van der Waals surface area contributed by atoms with Crippen LogP contribution >= 0.6 is 0 Å². The van der Waals surface area contributed by atoms with Crippen LogP contribution < -0.4 is 16.8 Å². The summed E-state index contributed by atoms with van der Waals surface area (Å²) in [7, 11) is 0. The highest BCUT2D eigenvalue weighted by Crippen LogP contribution is 2.27. The normalized spacial score (nSPS) is 10.7. The first-order chi connectivity index (χ1) is 8.70. The predicted molar refractivity (Wildman–Crippen MR) is 79.7 cm³/mol. The first-order valence-electron chi connectivity index (χ1n) is 5.84. The predicted octanol–water partition coefficient (Wildman–Crippen LogP) is 3.63. The molecule has 0 amide bonds. The minimum Gasteiger partial charge on any atom is -0.399 e. The van der Waals surface area contributed by atoms with E-state index in [2.05, 4.69) is 5.32 Å². The first kappa shape index (κ1) is 12.0. The molecule has 2 aromatic carbocycles. The van der Waals surface area contributed by atoms with Gasteiger partial charge in [0.15, 0.2) is 0 Å². The van der Waals surface area contributed by atoms with Gasteiger partial charge in [0, 0.05) is 28.3 Å². The molecule has 0 aromatic heterocycles. The molecule has 0 aliphatic carbocycles. The van der Waals surface area contributed by atoms with E-state index in [1.807, 2.05) is 61.5 Å². The molecule has 0 fully saturated rings. The molecule has 0 bridgehead atoms. The first-order valence-corrected chi connectivity index (χ1v) is 5.84. The summed E-state index contributed by atoms with van der Waals surface area (Å²) in [5.74, 6) is 0. The molecule has 0 saturated heterocycles. The number of anilines is 4. The molecule has 0 saturated carbocycles. The van der Waals surface area contributed by atoms with Gasteiger partial charge in [-0.25, -0.2) is 0 Å². The van der Waals surface area contributed by atoms with E-state index in [1.165, 1.54) is 0 Å². The number of hydrogen-bond donors (Lipinski definition) is 3. The third kappa shape index (κ3) is 2.63. The summed E-state index contributed by atoms with van der Waals surface area (Å²) in [4.78, 5) is 0. The molecular formula is C15H17N3. The van der Waals surface area contributed by atoms with Gasteiger partial charge in [0.2, 0.25) is 0 Å². The molecule has 0 unspecified atom stereocenters. The van der Waals surface area contributed by atoms with Gasteiger partial charge in [0.25, 0.3) is 0 Å². The second-order valence-corrected chi connectivity index (χ2v) is 4.06. The second kappa shape index (κ2) is 5.27. The molecule has 0 heterocycles. The Balaban J connectivity index is 2.34. The van der Waals surface area contributed by atoms with Crippen LogP contribution in [0.15, 0.2) is 48.5 Å². The lowest BCUT2D eigenvalue weighted by atomic mass is 10.1. The molecule has 2 rings (SSSR count). The van der Waals surface area contributed by atoms with Crippen molar-refractivity contribution in [1.82, 2.24) is 0 Å². The van der Waals surface area contributed by atoms with Crippen LogP contribution in [-0.2, 0) is 0 Å². The van der Waals surface area contributed by atoms with Crippen molar-refractivity contribution in [3.63, 3.8) is 0 Å². The van der Waals surface area contributed by atoms with Crippen LogP contribution in [0.4, 0.5) is 22.7 Å². The van der Waals surface area contributed by atoms with Crippen molar-refractivity contribution >= 4 is 28.8 Å². The van der Waals surface area contributed by atoms with E-state index in [1.54, 1.807) is 0 Å². The monoisotopic (exact) mass is 239 g/mol. The topological polar surface area (TPSA) is 64.1 Å². The van der Waals surface area contributed by atoms with Gasteiger partial charge < -0.3 is 16.8 Å². The third-order valence-corrected chi connectivity index (χ3v) is 2.66. The molecule has 92 valence electrons. The molecule has 0 aliphatic heterocycles. The van der Waals surface area contributed by atoms with Crippen LogP contribution in [0.5, 0.6) is 0 Å². The molecule has 0 aliphatic rings. The minimum absolute atomic E-state index is 0.752. The Kier molecular flexibility index (Phi) is 3.53. The van der Waals surface area contributed by atoms with Crippen molar-refractivity contribution in [2.24, 2.45) is 0 Å². The third-order valence-electron chi connectivity index (χ3n) is 2.66. The highest BCUT2D eigenvalue weighted by molar-refractivity contribution is 5.79. The lowest BCUT2D eigenvalue weighted by Crippen LogP contribution is -1.97. The zero-order chi connectivity index (χ0) is 13.0. The number of allylic oxidation sites excluding steroid dienone is 1. The minimum atomic E-state index is 0.752. The van der Waals surface area contributed by atoms with Crippen LogP contribution in [0.2, 0.25) is 0 Å². The van der Waals surface area contributed by atoms with E-state index in [9.17, 15) is 0 Å². The molecular weight excluding hydrogens is 222 g/mol. The zero-order valence-corrected chi connectivity index (χ0v) is 10.4. The van der Waals surface area contributed by atoms with Crippen molar-refractivity contribution in [3.8, 4) is 0 Å². The fourth-order valence-electron chi connectivity index (χ4n) is 1.77. The average Bonchev–Trinajstić information content (AvgIpc) is 2.36. The number of nitrogens with one attached hydrogen (secondary N) is 1. The zero-order valence-electron chi connectivity index (χ0n) is 10.4. The van der Waals surface area contributed by atoms with Gasteiger partial charge in [-0.05, 0) is 43.3 Å². The van der Waals surface area contributed by atoms with Crippen LogP contribution in [-0.4, -0.2) is 0 Å². The summed E-state index contributed by atoms with van der Waals surface area (Å²) in [6.07, 6.45) is 3.97. The number of nitrogens with two attached hydrogens (primary N) is 2. The van der Waals surface area contributed by atoms with E-state index < -0.39 is 0 Å². The van der Waals surface area contributed by atoms with E-state index >= 15 is 0 Å². The van der Waals surface area contributed by atoms with Crippen LogP contribution in [0, 0.1) is 0 Å². The van der Waals surface area contributed by atoms with Gasteiger partial charge in [0.1, 0.15) is 0 Å². The molecule has 0 atom stereocenters. The van der Waals surface area contributed by atoms with E-state index in [0.717, 1.165) is 28.3 Å². The highest BCUT2D eigenvalue weighted by atomic mass is 14.9.